The van der Waals surface area contributed by atoms with Crippen LogP contribution in [0.2, 0.25) is 0 Å². The lowest BCUT2D eigenvalue weighted by Crippen LogP contribution is -2.35. The number of sulfonamides is 1. The predicted molar refractivity (Wildman–Crippen MR) is 118 cm³/mol. The van der Waals surface area contributed by atoms with Crippen molar-refractivity contribution in [2.45, 2.75) is 63.9 Å². The summed E-state index contributed by atoms with van der Waals surface area (Å²) in [6.07, 6.45) is 2.29. The molecule has 1 fully saturated rings. The van der Waals surface area contributed by atoms with E-state index >= 15 is 0 Å². The number of nitrogens with one attached hydrogen (secondary N) is 1. The molecule has 1 N–H and O–H groups in total. The van der Waals surface area contributed by atoms with Gasteiger partial charge in [-0.3, -0.25) is 9.59 Å². The number of rotatable bonds is 8. The third kappa shape index (κ3) is 5.74. The minimum Gasteiger partial charge on any atom is -0.453 e. The van der Waals surface area contributed by atoms with E-state index in [1.54, 1.807) is 13.8 Å². The van der Waals surface area contributed by atoms with Gasteiger partial charge in [0.25, 0.3) is 5.91 Å². The van der Waals surface area contributed by atoms with Crippen LogP contribution in [0.4, 0.5) is 5.69 Å². The number of anilines is 1. The van der Waals surface area contributed by atoms with Gasteiger partial charge < -0.3 is 14.6 Å². The van der Waals surface area contributed by atoms with Gasteiger partial charge in [0, 0.05) is 30.8 Å². The van der Waals surface area contributed by atoms with Gasteiger partial charge in [0.15, 0.2) is 6.10 Å². The molecule has 2 heterocycles. The Morgan fingerprint density at radius 3 is 2.41 bits per heavy atom. The molecule has 1 atom stereocenters. The number of aryl methyl sites for hydroxylation is 2. The Labute approximate surface area is 188 Å². The van der Waals surface area contributed by atoms with Crippen LogP contribution in [0.25, 0.3) is 0 Å². The molecule has 1 aromatic carbocycles. The fraction of sp³-hybridized carbons (Fsp3) is 0.500. The van der Waals surface area contributed by atoms with Gasteiger partial charge in [-0.15, -0.1) is 0 Å². The molecule has 0 aliphatic carbocycles. The number of carbonyl (C=O) groups is 2. The van der Waals surface area contributed by atoms with Crippen LogP contribution >= 0.6 is 0 Å². The number of benzene rings is 1. The summed E-state index contributed by atoms with van der Waals surface area (Å²) in [5.74, 6) is -0.343. The van der Waals surface area contributed by atoms with Crippen molar-refractivity contribution in [1.29, 1.82) is 0 Å². The molecule has 10 heteroatoms. The van der Waals surface area contributed by atoms with E-state index < -0.39 is 28.0 Å². The van der Waals surface area contributed by atoms with Crippen molar-refractivity contribution in [3.05, 3.63) is 41.3 Å². The highest BCUT2D eigenvalue weighted by atomic mass is 32.2. The van der Waals surface area contributed by atoms with E-state index in [0.717, 1.165) is 30.5 Å². The van der Waals surface area contributed by atoms with Gasteiger partial charge in [0.2, 0.25) is 10.0 Å². The van der Waals surface area contributed by atoms with Crippen LogP contribution in [0.1, 0.15) is 49.6 Å². The Kier molecular flexibility index (Phi) is 7.68. The van der Waals surface area contributed by atoms with E-state index in [9.17, 15) is 18.0 Å². The van der Waals surface area contributed by atoms with Crippen molar-refractivity contribution < 1.29 is 27.3 Å². The van der Waals surface area contributed by atoms with Gasteiger partial charge in [-0.05, 0) is 64.3 Å². The quantitative estimate of drug-likeness (QED) is 0.598. The van der Waals surface area contributed by atoms with E-state index in [-0.39, 0.29) is 11.3 Å². The van der Waals surface area contributed by atoms with Gasteiger partial charge in [-0.25, -0.2) is 8.42 Å². The molecule has 1 aliphatic heterocycles. The second kappa shape index (κ2) is 10.3. The predicted octanol–water partition coefficient (Wildman–Crippen LogP) is 2.97. The van der Waals surface area contributed by atoms with E-state index in [1.165, 1.54) is 35.5 Å². The molecule has 174 valence electrons. The zero-order chi connectivity index (χ0) is 23.3. The van der Waals surface area contributed by atoms with Crippen molar-refractivity contribution in [3.8, 4) is 0 Å². The van der Waals surface area contributed by atoms with Crippen LogP contribution in [0.5, 0.6) is 0 Å². The minimum absolute atomic E-state index is 0.101. The van der Waals surface area contributed by atoms with E-state index in [0.29, 0.717) is 31.0 Å². The summed E-state index contributed by atoms with van der Waals surface area (Å²) >= 11 is 0. The van der Waals surface area contributed by atoms with Gasteiger partial charge in [-0.2, -0.15) is 4.31 Å². The zero-order valence-corrected chi connectivity index (χ0v) is 19.4. The van der Waals surface area contributed by atoms with E-state index in [2.05, 4.69) is 10.5 Å². The van der Waals surface area contributed by atoms with Gasteiger partial charge in [0.1, 0.15) is 5.76 Å². The maximum Gasteiger partial charge on any atom is 0.306 e. The maximum atomic E-state index is 12.7. The largest absolute Gasteiger partial charge is 0.453 e. The van der Waals surface area contributed by atoms with Gasteiger partial charge in [-0.1, -0.05) is 11.6 Å². The Hall–Kier alpha value is -2.72. The standard InChI is InChI=1S/C22H29N3O6S/c1-15-20(16(2)31-24-15)11-12-21(26)30-17(3)22(27)23-18-7-9-19(10-8-18)32(28,29)25-13-5-4-6-14-25/h7-10,17H,4-6,11-14H2,1-3H3,(H,23,27)/t17-/m0/s1. The molecule has 1 aliphatic rings. The Bertz CT molecular complexity index is 1040. The summed E-state index contributed by atoms with van der Waals surface area (Å²) in [7, 11) is -3.53. The first-order valence-electron chi connectivity index (χ1n) is 10.7. The van der Waals surface area contributed by atoms with Crippen LogP contribution in [-0.4, -0.2) is 48.9 Å². The molecular weight excluding hydrogens is 434 g/mol. The smallest absolute Gasteiger partial charge is 0.306 e. The van der Waals surface area contributed by atoms with E-state index in [1.807, 2.05) is 0 Å². The van der Waals surface area contributed by atoms with Crippen LogP contribution in [0, 0.1) is 13.8 Å². The molecule has 9 nitrogen and oxygen atoms in total. The molecule has 1 amide bonds. The number of ether oxygens (including phenoxy) is 1. The lowest BCUT2D eigenvalue weighted by molar-refractivity contribution is -0.153. The topological polar surface area (TPSA) is 119 Å². The average Bonchev–Trinajstić information content (AvgIpc) is 3.10. The minimum atomic E-state index is -3.53. The fourth-order valence-electron chi connectivity index (χ4n) is 3.60. The van der Waals surface area contributed by atoms with Crippen molar-refractivity contribution in [2.24, 2.45) is 0 Å². The fourth-order valence-corrected chi connectivity index (χ4v) is 5.12. The number of nitrogens with zero attached hydrogens (tertiary/aromatic N) is 2. The normalized spacial score (nSPS) is 15.8. The Balaban J connectivity index is 1.51. The number of hydrogen-bond acceptors (Lipinski definition) is 7. The van der Waals surface area contributed by atoms with Crippen molar-refractivity contribution in [1.82, 2.24) is 9.46 Å². The average molecular weight is 464 g/mol. The molecule has 0 radical (unpaired) electrons. The monoisotopic (exact) mass is 463 g/mol. The van der Waals surface area contributed by atoms with E-state index in [4.69, 9.17) is 9.26 Å². The molecular formula is C22H29N3O6S. The molecule has 2 aromatic rings. The molecule has 32 heavy (non-hydrogen) atoms. The number of carbonyl (C=O) groups excluding carboxylic acids is 2. The molecule has 0 bridgehead atoms. The summed E-state index contributed by atoms with van der Waals surface area (Å²) in [6, 6.07) is 6.00. The molecule has 0 unspecified atom stereocenters. The summed E-state index contributed by atoms with van der Waals surface area (Å²) in [5, 5.41) is 6.49. The highest BCUT2D eigenvalue weighted by molar-refractivity contribution is 7.89. The summed E-state index contributed by atoms with van der Waals surface area (Å²) in [5.41, 5.74) is 2.01. The molecule has 1 aromatic heterocycles. The zero-order valence-electron chi connectivity index (χ0n) is 18.6. The van der Waals surface area contributed by atoms with Gasteiger partial charge >= 0.3 is 5.97 Å². The first kappa shape index (κ1) is 23.9. The first-order chi connectivity index (χ1) is 15.2. The third-order valence-electron chi connectivity index (χ3n) is 5.51. The number of esters is 1. The molecule has 0 saturated carbocycles. The second-order valence-corrected chi connectivity index (χ2v) is 9.85. The van der Waals surface area contributed by atoms with Crippen molar-refractivity contribution in [3.63, 3.8) is 0 Å². The van der Waals surface area contributed by atoms with Crippen molar-refractivity contribution >= 4 is 27.6 Å². The lowest BCUT2D eigenvalue weighted by Gasteiger charge is -2.25. The number of aromatic nitrogens is 1. The third-order valence-corrected chi connectivity index (χ3v) is 7.43. The number of piperidine rings is 1. The molecule has 3 rings (SSSR count). The first-order valence-corrected chi connectivity index (χ1v) is 12.1. The van der Waals surface area contributed by atoms with Crippen LogP contribution in [0.15, 0.2) is 33.7 Å². The number of hydrogen-bond donors (Lipinski definition) is 1. The van der Waals surface area contributed by atoms with Crippen molar-refractivity contribution in [2.75, 3.05) is 18.4 Å². The summed E-state index contributed by atoms with van der Waals surface area (Å²) in [4.78, 5) is 24.7. The van der Waals surface area contributed by atoms with Gasteiger partial charge in [0.05, 0.1) is 10.6 Å². The second-order valence-electron chi connectivity index (χ2n) is 7.91. The highest BCUT2D eigenvalue weighted by Crippen LogP contribution is 2.22. The Morgan fingerprint density at radius 1 is 1.16 bits per heavy atom. The van der Waals surface area contributed by atoms with Crippen LogP contribution in [0.3, 0.4) is 0 Å². The lowest BCUT2D eigenvalue weighted by atomic mass is 10.1. The SMILES string of the molecule is Cc1noc(C)c1CCC(=O)O[C@@H](C)C(=O)Nc1ccc(S(=O)(=O)N2CCCCC2)cc1. The van der Waals surface area contributed by atoms with Crippen LogP contribution in [-0.2, 0) is 30.8 Å². The number of amides is 1. The highest BCUT2D eigenvalue weighted by Gasteiger charge is 2.26. The molecule has 1 saturated heterocycles. The summed E-state index contributed by atoms with van der Waals surface area (Å²) < 4.78 is 37.2. The van der Waals surface area contributed by atoms with Crippen LogP contribution < -0.4 is 5.32 Å². The molecule has 0 spiro atoms. The summed E-state index contributed by atoms with van der Waals surface area (Å²) in [6.45, 7) is 6.12. The Morgan fingerprint density at radius 2 is 1.81 bits per heavy atom. The maximum absolute atomic E-state index is 12.7.